The van der Waals surface area contributed by atoms with E-state index in [-0.39, 0.29) is 24.2 Å². The normalized spacial score (nSPS) is 14.1. The molecule has 6 nitrogen and oxygen atoms in total. The van der Waals surface area contributed by atoms with E-state index in [4.69, 9.17) is 9.47 Å². The lowest BCUT2D eigenvalue weighted by molar-refractivity contribution is -0.146. The van der Waals surface area contributed by atoms with Gasteiger partial charge < -0.3 is 14.8 Å². The highest BCUT2D eigenvalue weighted by atomic mass is 19.1. The monoisotopic (exact) mass is 428 g/mol. The largest absolute Gasteiger partial charge is 0.466 e. The lowest BCUT2D eigenvalue weighted by Gasteiger charge is -2.21. The number of rotatable bonds is 10. The summed E-state index contributed by atoms with van der Waals surface area (Å²) < 4.78 is 23.5. The molecule has 1 aromatic heterocycles. The highest BCUT2D eigenvalue weighted by Gasteiger charge is 2.13. The number of halogens is 1. The van der Waals surface area contributed by atoms with Crippen LogP contribution in [0.15, 0.2) is 42.6 Å². The molecule has 2 aromatic rings. The molecule has 1 aliphatic carbocycles. The van der Waals surface area contributed by atoms with Gasteiger partial charge in [0.1, 0.15) is 5.82 Å². The van der Waals surface area contributed by atoms with Gasteiger partial charge in [-0.05, 0) is 49.1 Å². The second-order valence-electron chi connectivity index (χ2n) is 7.86. The van der Waals surface area contributed by atoms with E-state index in [1.54, 1.807) is 0 Å². The third kappa shape index (κ3) is 8.00. The number of esters is 1. The maximum Gasteiger partial charge on any atom is 0.344 e. The van der Waals surface area contributed by atoms with Gasteiger partial charge in [0.25, 0.3) is 5.91 Å². The smallest absolute Gasteiger partial charge is 0.344 e. The topological polar surface area (TPSA) is 77.5 Å². The maximum atomic E-state index is 12.9. The number of carbonyl (C=O) groups excluding carboxylic acids is 2. The van der Waals surface area contributed by atoms with Crippen LogP contribution in [0, 0.1) is 11.7 Å². The third-order valence-corrected chi connectivity index (χ3v) is 5.43. The van der Waals surface area contributed by atoms with E-state index in [0.717, 1.165) is 18.8 Å². The summed E-state index contributed by atoms with van der Waals surface area (Å²) in [5.41, 5.74) is 0.797. The number of aromatic nitrogens is 1. The Labute approximate surface area is 182 Å². The molecule has 0 bridgehead atoms. The Bertz CT molecular complexity index is 834. The summed E-state index contributed by atoms with van der Waals surface area (Å²) in [6.45, 7) is 0.182. The molecular formula is C24H29FN2O4. The molecule has 1 aliphatic rings. The molecule has 0 unspecified atom stereocenters. The average Bonchev–Trinajstić information content (AvgIpc) is 2.80. The van der Waals surface area contributed by atoms with Crippen LogP contribution in [0.2, 0.25) is 0 Å². The van der Waals surface area contributed by atoms with E-state index in [9.17, 15) is 14.0 Å². The van der Waals surface area contributed by atoms with Gasteiger partial charge in [0.2, 0.25) is 5.88 Å². The van der Waals surface area contributed by atoms with Gasteiger partial charge in [-0.15, -0.1) is 0 Å². The molecular weight excluding hydrogens is 399 g/mol. The van der Waals surface area contributed by atoms with Crippen molar-refractivity contribution in [3.63, 3.8) is 0 Å². The summed E-state index contributed by atoms with van der Waals surface area (Å²) in [5, 5.41) is 2.65. The molecule has 1 N–H and O–H groups in total. The average molecular weight is 429 g/mol. The number of ether oxygens (including phenoxy) is 2. The van der Waals surface area contributed by atoms with Gasteiger partial charge in [-0.3, -0.25) is 4.79 Å². The number of benzene rings is 1. The van der Waals surface area contributed by atoms with E-state index in [1.165, 1.54) is 81.1 Å². The number of hydrogen-bond acceptors (Lipinski definition) is 5. The lowest BCUT2D eigenvalue weighted by Crippen LogP contribution is -2.16. The zero-order valence-corrected chi connectivity index (χ0v) is 17.6. The van der Waals surface area contributed by atoms with E-state index in [0.29, 0.717) is 17.9 Å². The summed E-state index contributed by atoms with van der Waals surface area (Å²) >= 11 is 0. The second kappa shape index (κ2) is 12.0. The van der Waals surface area contributed by atoms with Gasteiger partial charge in [-0.2, -0.15) is 0 Å². The predicted octanol–water partition coefficient (Wildman–Crippen LogP) is 5.15. The Kier molecular flexibility index (Phi) is 8.82. The van der Waals surface area contributed by atoms with E-state index >= 15 is 0 Å². The standard InChI is InChI=1S/C24H29FN2O4/c25-20-10-12-21(13-11-20)27-24(29)19-9-14-22(26-16-19)31-17-23(28)30-15-5-4-8-18-6-2-1-3-7-18/h9-14,16,18H,1-8,15,17H2,(H,27,29). The third-order valence-electron chi connectivity index (χ3n) is 5.43. The predicted molar refractivity (Wildman–Crippen MR) is 115 cm³/mol. The summed E-state index contributed by atoms with van der Waals surface area (Å²) in [4.78, 5) is 28.0. The van der Waals surface area contributed by atoms with Crippen molar-refractivity contribution in [3.8, 4) is 5.88 Å². The zero-order chi connectivity index (χ0) is 21.9. The number of nitrogens with one attached hydrogen (secondary N) is 1. The number of pyridine rings is 1. The van der Waals surface area contributed by atoms with Crippen LogP contribution in [-0.2, 0) is 9.53 Å². The second-order valence-corrected chi connectivity index (χ2v) is 7.86. The van der Waals surface area contributed by atoms with Crippen molar-refractivity contribution >= 4 is 17.6 Å². The van der Waals surface area contributed by atoms with Gasteiger partial charge in [0.05, 0.1) is 12.2 Å². The lowest BCUT2D eigenvalue weighted by atomic mass is 9.86. The highest BCUT2D eigenvalue weighted by molar-refractivity contribution is 6.04. The van der Waals surface area contributed by atoms with Crippen LogP contribution < -0.4 is 10.1 Å². The van der Waals surface area contributed by atoms with Crippen LogP contribution in [0.25, 0.3) is 0 Å². The fourth-order valence-electron chi connectivity index (χ4n) is 3.71. The Morgan fingerprint density at radius 2 is 1.81 bits per heavy atom. The Morgan fingerprint density at radius 1 is 1.03 bits per heavy atom. The molecule has 1 heterocycles. The Hall–Kier alpha value is -2.96. The Balaban J connectivity index is 1.31. The maximum absolute atomic E-state index is 12.9. The number of anilines is 1. The SMILES string of the molecule is O=C(COc1ccc(C(=O)Nc2ccc(F)cc2)cn1)OCCCCC1CCCCC1. The molecule has 0 saturated heterocycles. The van der Waals surface area contributed by atoms with Gasteiger partial charge in [0, 0.05) is 18.0 Å². The molecule has 1 amide bonds. The number of unbranched alkanes of at least 4 members (excludes halogenated alkanes) is 1. The van der Waals surface area contributed by atoms with Gasteiger partial charge >= 0.3 is 5.97 Å². The molecule has 166 valence electrons. The number of carbonyl (C=O) groups is 2. The minimum absolute atomic E-state index is 0.225. The fraction of sp³-hybridized carbons (Fsp3) is 0.458. The van der Waals surface area contributed by atoms with E-state index in [2.05, 4.69) is 10.3 Å². The first kappa shape index (κ1) is 22.7. The Morgan fingerprint density at radius 3 is 2.52 bits per heavy atom. The summed E-state index contributed by atoms with van der Waals surface area (Å²) in [5.74, 6) is -0.109. The van der Waals surface area contributed by atoms with Crippen molar-refractivity contribution in [2.24, 2.45) is 5.92 Å². The molecule has 7 heteroatoms. The molecule has 0 aliphatic heterocycles. The molecule has 0 atom stereocenters. The quantitative estimate of drug-likeness (QED) is 0.418. The molecule has 1 aromatic carbocycles. The summed E-state index contributed by atoms with van der Waals surface area (Å²) in [6.07, 6.45) is 11.3. The first-order chi connectivity index (χ1) is 15.1. The minimum atomic E-state index is -0.433. The fourth-order valence-corrected chi connectivity index (χ4v) is 3.71. The van der Waals surface area contributed by atoms with Crippen molar-refractivity contribution in [2.45, 2.75) is 51.4 Å². The van der Waals surface area contributed by atoms with Crippen molar-refractivity contribution in [1.82, 2.24) is 4.98 Å². The highest BCUT2D eigenvalue weighted by Crippen LogP contribution is 2.27. The van der Waals surface area contributed by atoms with Crippen LogP contribution >= 0.6 is 0 Å². The molecule has 1 fully saturated rings. The van der Waals surface area contributed by atoms with Crippen molar-refractivity contribution < 1.29 is 23.5 Å². The zero-order valence-electron chi connectivity index (χ0n) is 17.6. The van der Waals surface area contributed by atoms with E-state index in [1.807, 2.05) is 0 Å². The van der Waals surface area contributed by atoms with Gasteiger partial charge in [-0.1, -0.05) is 38.5 Å². The molecule has 3 rings (SSSR count). The summed E-state index contributed by atoms with van der Waals surface area (Å²) in [6, 6.07) is 8.52. The van der Waals surface area contributed by atoms with Crippen molar-refractivity contribution in [3.05, 3.63) is 54.0 Å². The molecule has 31 heavy (non-hydrogen) atoms. The van der Waals surface area contributed by atoms with Crippen LogP contribution in [0.4, 0.5) is 10.1 Å². The van der Waals surface area contributed by atoms with Crippen LogP contribution in [-0.4, -0.2) is 30.1 Å². The number of nitrogens with zero attached hydrogens (tertiary/aromatic N) is 1. The molecule has 1 saturated carbocycles. The first-order valence-corrected chi connectivity index (χ1v) is 10.9. The molecule has 0 spiro atoms. The van der Waals surface area contributed by atoms with Gasteiger partial charge in [0.15, 0.2) is 6.61 Å². The summed E-state index contributed by atoms with van der Waals surface area (Å²) in [7, 11) is 0. The van der Waals surface area contributed by atoms with Crippen molar-refractivity contribution in [2.75, 3.05) is 18.5 Å². The van der Waals surface area contributed by atoms with Crippen LogP contribution in [0.3, 0.4) is 0 Å². The van der Waals surface area contributed by atoms with E-state index < -0.39 is 5.97 Å². The first-order valence-electron chi connectivity index (χ1n) is 10.9. The van der Waals surface area contributed by atoms with Crippen molar-refractivity contribution in [1.29, 1.82) is 0 Å². The van der Waals surface area contributed by atoms with Crippen LogP contribution in [0.1, 0.15) is 61.7 Å². The number of amides is 1. The minimum Gasteiger partial charge on any atom is -0.466 e. The van der Waals surface area contributed by atoms with Gasteiger partial charge in [-0.25, -0.2) is 14.2 Å². The molecule has 0 radical (unpaired) electrons. The number of hydrogen-bond donors (Lipinski definition) is 1. The van der Waals surface area contributed by atoms with Crippen LogP contribution in [0.5, 0.6) is 5.88 Å².